The number of anilines is 1. The highest BCUT2D eigenvalue weighted by Gasteiger charge is 2.28. The highest BCUT2D eigenvalue weighted by molar-refractivity contribution is 8.05. The molecule has 1 unspecified atom stereocenters. The van der Waals surface area contributed by atoms with Gasteiger partial charge in [-0.25, -0.2) is 0 Å². The molecule has 1 amide bonds. The molecule has 1 saturated heterocycles. The Bertz CT molecular complexity index is 1440. The van der Waals surface area contributed by atoms with E-state index in [1.807, 2.05) is 85.8 Å². The summed E-state index contributed by atoms with van der Waals surface area (Å²) in [6.45, 7) is 2.39. The second-order valence-electron chi connectivity index (χ2n) is 8.20. The quantitative estimate of drug-likeness (QED) is 0.256. The maximum Gasteiger partial charge on any atom is 0.260 e. The molecule has 4 nitrogen and oxygen atoms in total. The fraction of sp³-hybridized carbons (Fsp3) is 0.107. The minimum atomic E-state index is -0.306. The average molecular weight is 521 g/mol. The van der Waals surface area contributed by atoms with Gasteiger partial charge in [0.15, 0.2) is 5.50 Å². The second-order valence-corrected chi connectivity index (χ2v) is 10.2. The van der Waals surface area contributed by atoms with Crippen molar-refractivity contribution in [3.63, 3.8) is 0 Å². The van der Waals surface area contributed by atoms with Crippen LogP contribution in [0.3, 0.4) is 0 Å². The monoisotopic (exact) mass is 520 g/mol. The normalized spacial score (nSPS) is 16.5. The third-order valence-corrected chi connectivity index (χ3v) is 7.25. The molecule has 1 aliphatic heterocycles. The van der Waals surface area contributed by atoms with Crippen LogP contribution < -0.4 is 15.4 Å². The summed E-state index contributed by atoms with van der Waals surface area (Å²) in [6, 6.07) is 25.3. The second kappa shape index (κ2) is 10.2. The fourth-order valence-electron chi connectivity index (χ4n) is 3.88. The number of rotatable bonds is 6. The first-order valence-corrected chi connectivity index (χ1v) is 12.7. The van der Waals surface area contributed by atoms with Crippen molar-refractivity contribution in [1.29, 1.82) is 0 Å². The number of benzene rings is 4. The lowest BCUT2D eigenvalue weighted by atomic mass is 10.0. The van der Waals surface area contributed by atoms with Crippen molar-refractivity contribution in [2.45, 2.75) is 19.0 Å². The van der Waals surface area contributed by atoms with Gasteiger partial charge in [-0.3, -0.25) is 4.79 Å². The Hall–Kier alpha value is -3.12. The molecule has 35 heavy (non-hydrogen) atoms. The number of thioether (sulfide) groups is 1. The molecule has 5 rings (SSSR count). The van der Waals surface area contributed by atoms with Gasteiger partial charge in [-0.2, -0.15) is 0 Å². The lowest BCUT2D eigenvalue weighted by Gasteiger charge is -2.15. The van der Waals surface area contributed by atoms with E-state index >= 15 is 0 Å². The number of carbonyl (C=O) groups is 1. The van der Waals surface area contributed by atoms with E-state index in [-0.39, 0.29) is 11.4 Å². The van der Waals surface area contributed by atoms with Crippen LogP contribution in [-0.2, 0) is 11.4 Å². The van der Waals surface area contributed by atoms with E-state index in [1.54, 1.807) is 0 Å². The molecule has 0 saturated carbocycles. The van der Waals surface area contributed by atoms with Gasteiger partial charge in [0.25, 0.3) is 5.91 Å². The van der Waals surface area contributed by atoms with Crippen LogP contribution in [0.2, 0.25) is 10.0 Å². The van der Waals surface area contributed by atoms with Crippen LogP contribution in [0.1, 0.15) is 16.7 Å². The first-order valence-electron chi connectivity index (χ1n) is 11.1. The topological polar surface area (TPSA) is 50.4 Å². The molecule has 1 atom stereocenters. The van der Waals surface area contributed by atoms with Crippen LogP contribution in [-0.4, -0.2) is 11.4 Å². The Labute approximate surface area is 218 Å². The van der Waals surface area contributed by atoms with Crippen molar-refractivity contribution >= 4 is 63.4 Å². The van der Waals surface area contributed by atoms with Gasteiger partial charge in [0.2, 0.25) is 0 Å². The SMILES string of the molecule is Cc1ccc(Cl)cc1NC1NC(=O)/C(=C/c2c(OCc3ccc(Cl)cc3)ccc3ccccc23)S1. The van der Waals surface area contributed by atoms with Gasteiger partial charge in [-0.05, 0) is 65.2 Å². The third-order valence-electron chi connectivity index (χ3n) is 5.73. The molecule has 0 aromatic heterocycles. The van der Waals surface area contributed by atoms with Gasteiger partial charge in [0, 0.05) is 21.3 Å². The lowest BCUT2D eigenvalue weighted by Crippen LogP contribution is -2.31. The first kappa shape index (κ1) is 23.6. The molecule has 4 aromatic rings. The predicted octanol–water partition coefficient (Wildman–Crippen LogP) is 7.63. The Morgan fingerprint density at radius 1 is 1.00 bits per heavy atom. The molecule has 0 spiro atoms. The zero-order chi connectivity index (χ0) is 24.4. The number of carbonyl (C=O) groups excluding carboxylic acids is 1. The number of aryl methyl sites for hydroxylation is 1. The minimum absolute atomic E-state index is 0.135. The number of hydrogen-bond donors (Lipinski definition) is 2. The van der Waals surface area contributed by atoms with Gasteiger partial charge in [-0.1, -0.05) is 83.5 Å². The first-order chi connectivity index (χ1) is 17.0. The van der Waals surface area contributed by atoms with Gasteiger partial charge < -0.3 is 15.4 Å². The summed E-state index contributed by atoms with van der Waals surface area (Å²) in [5, 5.41) is 9.78. The number of hydrogen-bond acceptors (Lipinski definition) is 4. The van der Waals surface area contributed by atoms with E-state index < -0.39 is 0 Å². The van der Waals surface area contributed by atoms with Gasteiger partial charge in [0.05, 0.1) is 4.91 Å². The van der Waals surface area contributed by atoms with Crippen LogP contribution >= 0.6 is 35.0 Å². The van der Waals surface area contributed by atoms with E-state index in [0.717, 1.165) is 33.2 Å². The molecule has 2 N–H and O–H groups in total. The minimum Gasteiger partial charge on any atom is -0.488 e. The fourth-order valence-corrected chi connectivity index (χ4v) is 5.14. The Kier molecular flexibility index (Phi) is 6.91. The molecule has 0 aliphatic carbocycles. The van der Waals surface area contributed by atoms with Gasteiger partial charge in [0.1, 0.15) is 12.4 Å². The zero-order valence-electron chi connectivity index (χ0n) is 18.8. The number of ether oxygens (including phenoxy) is 1. The summed E-state index contributed by atoms with van der Waals surface area (Å²) in [4.78, 5) is 13.5. The summed E-state index contributed by atoms with van der Waals surface area (Å²) < 4.78 is 6.21. The van der Waals surface area contributed by atoms with E-state index in [0.29, 0.717) is 27.3 Å². The Morgan fingerprint density at radius 2 is 1.77 bits per heavy atom. The summed E-state index contributed by atoms with van der Waals surface area (Å²) in [6.07, 6.45) is 1.91. The van der Waals surface area contributed by atoms with Crippen molar-refractivity contribution in [2.75, 3.05) is 5.32 Å². The van der Waals surface area contributed by atoms with Crippen LogP contribution in [0.5, 0.6) is 5.75 Å². The predicted molar refractivity (Wildman–Crippen MR) is 147 cm³/mol. The summed E-state index contributed by atoms with van der Waals surface area (Å²) in [5.41, 5.74) is 3.51. The summed E-state index contributed by atoms with van der Waals surface area (Å²) >= 11 is 13.6. The number of nitrogens with one attached hydrogen (secondary N) is 2. The third kappa shape index (κ3) is 5.43. The maximum atomic E-state index is 12.9. The number of amides is 1. The van der Waals surface area contributed by atoms with E-state index in [9.17, 15) is 4.79 Å². The van der Waals surface area contributed by atoms with E-state index in [1.165, 1.54) is 11.8 Å². The molecule has 1 aliphatic rings. The average Bonchev–Trinajstić information content (AvgIpc) is 3.20. The Balaban J connectivity index is 1.44. The molecular weight excluding hydrogens is 499 g/mol. The van der Waals surface area contributed by atoms with E-state index in [2.05, 4.69) is 16.7 Å². The largest absolute Gasteiger partial charge is 0.488 e. The molecule has 7 heteroatoms. The van der Waals surface area contributed by atoms with Crippen LogP contribution in [0, 0.1) is 6.92 Å². The summed E-state index contributed by atoms with van der Waals surface area (Å²) in [5.74, 6) is 0.574. The standard InChI is InChI=1S/C28H22Cl2N2O2S/c1-17-6-10-21(30)14-24(17)31-28-32-27(33)26(35-28)15-23-22-5-3-2-4-19(22)9-13-25(23)34-16-18-7-11-20(29)12-8-18/h2-15,28,31H,16H2,1H3,(H,32,33)/b26-15-. The molecule has 0 bridgehead atoms. The molecule has 0 radical (unpaired) electrons. The van der Waals surface area contributed by atoms with Crippen molar-refractivity contribution in [1.82, 2.24) is 5.32 Å². The molecule has 176 valence electrons. The number of fused-ring (bicyclic) bond motifs is 1. The van der Waals surface area contributed by atoms with Crippen molar-refractivity contribution in [3.05, 3.63) is 111 Å². The maximum absolute atomic E-state index is 12.9. The molecule has 1 heterocycles. The van der Waals surface area contributed by atoms with Crippen molar-refractivity contribution in [3.8, 4) is 5.75 Å². The van der Waals surface area contributed by atoms with Gasteiger partial charge >= 0.3 is 0 Å². The molecule has 4 aromatic carbocycles. The van der Waals surface area contributed by atoms with Gasteiger partial charge in [-0.15, -0.1) is 0 Å². The lowest BCUT2D eigenvalue weighted by molar-refractivity contribution is -0.116. The molecular formula is C28H22Cl2N2O2S. The van der Waals surface area contributed by atoms with E-state index in [4.69, 9.17) is 27.9 Å². The highest BCUT2D eigenvalue weighted by Crippen LogP contribution is 2.36. The zero-order valence-corrected chi connectivity index (χ0v) is 21.2. The van der Waals surface area contributed by atoms with Crippen LogP contribution in [0.4, 0.5) is 5.69 Å². The Morgan fingerprint density at radius 3 is 2.60 bits per heavy atom. The highest BCUT2D eigenvalue weighted by atomic mass is 35.5. The van der Waals surface area contributed by atoms with Crippen molar-refractivity contribution in [2.24, 2.45) is 0 Å². The van der Waals surface area contributed by atoms with Crippen LogP contribution in [0.15, 0.2) is 83.8 Å². The smallest absolute Gasteiger partial charge is 0.260 e. The molecule has 1 fully saturated rings. The number of halogens is 2. The summed E-state index contributed by atoms with van der Waals surface area (Å²) in [7, 11) is 0. The van der Waals surface area contributed by atoms with Crippen LogP contribution in [0.25, 0.3) is 16.8 Å². The van der Waals surface area contributed by atoms with Crippen molar-refractivity contribution < 1.29 is 9.53 Å².